The fourth-order valence-electron chi connectivity index (χ4n) is 0.683. The summed E-state index contributed by atoms with van der Waals surface area (Å²) in [6.45, 7) is 10.4. The van der Waals surface area contributed by atoms with Gasteiger partial charge in [0.1, 0.15) is 6.61 Å². The summed E-state index contributed by atoms with van der Waals surface area (Å²) in [6.07, 6.45) is 0. The highest BCUT2D eigenvalue weighted by atomic mass is 16.5. The molecule has 0 aromatic heterocycles. The molecule has 18 heavy (non-hydrogen) atoms. The lowest BCUT2D eigenvalue weighted by molar-refractivity contribution is -0.142. The van der Waals surface area contributed by atoms with Crippen molar-refractivity contribution in [3.63, 3.8) is 0 Å². The molecule has 0 aromatic carbocycles. The Labute approximate surface area is 110 Å². The molecular formula is C12H29NO5. The zero-order valence-electron chi connectivity index (χ0n) is 12.1. The van der Waals surface area contributed by atoms with E-state index in [1.54, 1.807) is 0 Å². The van der Waals surface area contributed by atoms with Crippen LogP contribution in [0.25, 0.3) is 0 Å². The summed E-state index contributed by atoms with van der Waals surface area (Å²) in [5.41, 5.74) is 5.20. The minimum atomic E-state index is -0.976. The molecule has 6 heteroatoms. The second-order valence-corrected chi connectivity index (χ2v) is 2.46. The minimum absolute atomic E-state index is 0.281. The summed E-state index contributed by atoms with van der Waals surface area (Å²) < 4.78 is 14.9. The van der Waals surface area contributed by atoms with Crippen LogP contribution in [0.2, 0.25) is 0 Å². The summed E-state index contributed by atoms with van der Waals surface area (Å²) in [5.74, 6) is -0.976. The molecule has 0 bridgehead atoms. The third kappa shape index (κ3) is 29.5. The lowest BCUT2D eigenvalue weighted by Gasteiger charge is -2.04. The Morgan fingerprint density at radius 2 is 1.28 bits per heavy atom. The van der Waals surface area contributed by atoms with Crippen LogP contribution < -0.4 is 5.73 Å². The first-order chi connectivity index (χ1) is 8.77. The highest BCUT2D eigenvalue weighted by molar-refractivity contribution is 5.67. The van der Waals surface area contributed by atoms with E-state index in [1.807, 2.05) is 27.7 Å². The van der Waals surface area contributed by atoms with Crippen molar-refractivity contribution in [2.24, 2.45) is 5.73 Å². The topological polar surface area (TPSA) is 91.0 Å². The summed E-state index contributed by atoms with van der Waals surface area (Å²) >= 11 is 0. The van der Waals surface area contributed by atoms with Gasteiger partial charge in [-0.3, -0.25) is 0 Å². The van der Waals surface area contributed by atoms with Gasteiger partial charge in [-0.25, -0.2) is 4.79 Å². The van der Waals surface area contributed by atoms with Crippen molar-refractivity contribution in [3.05, 3.63) is 0 Å². The summed E-state index contributed by atoms with van der Waals surface area (Å²) in [5, 5.41) is 8.22. The molecule has 0 radical (unpaired) electrons. The van der Waals surface area contributed by atoms with Crippen molar-refractivity contribution in [1.82, 2.24) is 0 Å². The monoisotopic (exact) mass is 267 g/mol. The lowest BCUT2D eigenvalue weighted by atomic mass is 10.7. The van der Waals surface area contributed by atoms with Gasteiger partial charge in [0.2, 0.25) is 0 Å². The number of hydrogen-bond donors (Lipinski definition) is 2. The van der Waals surface area contributed by atoms with Gasteiger partial charge >= 0.3 is 5.97 Å². The van der Waals surface area contributed by atoms with Gasteiger partial charge in [0.25, 0.3) is 0 Å². The standard InChI is InChI=1S/C8H17NO5.2C2H6/c9-1-2-12-3-4-13-5-6-14-7-8(10)11;2*1-2/h1-7,9H2,(H,10,11);2*1-2H3. The maximum absolute atomic E-state index is 10.0. The quantitative estimate of drug-likeness (QED) is 0.577. The molecule has 0 saturated carbocycles. The molecule has 0 aliphatic heterocycles. The van der Waals surface area contributed by atoms with E-state index in [0.29, 0.717) is 33.0 Å². The fraction of sp³-hybridized carbons (Fsp3) is 0.917. The van der Waals surface area contributed by atoms with Gasteiger partial charge < -0.3 is 25.1 Å². The van der Waals surface area contributed by atoms with E-state index in [-0.39, 0.29) is 13.2 Å². The highest BCUT2D eigenvalue weighted by Crippen LogP contribution is 1.80. The molecule has 112 valence electrons. The van der Waals surface area contributed by atoms with Gasteiger partial charge in [0.15, 0.2) is 0 Å². The molecule has 0 aromatic rings. The Morgan fingerprint density at radius 1 is 0.889 bits per heavy atom. The largest absolute Gasteiger partial charge is 0.480 e. The number of rotatable bonds is 10. The Balaban J connectivity index is -0.000000506. The molecule has 6 nitrogen and oxygen atoms in total. The van der Waals surface area contributed by atoms with Crippen molar-refractivity contribution in [3.8, 4) is 0 Å². The average molecular weight is 267 g/mol. The fourth-order valence-corrected chi connectivity index (χ4v) is 0.683. The molecule has 3 N–H and O–H groups in total. The van der Waals surface area contributed by atoms with Gasteiger partial charge in [-0.15, -0.1) is 0 Å². The Bertz CT molecular complexity index is 144. The van der Waals surface area contributed by atoms with Gasteiger partial charge in [0, 0.05) is 6.54 Å². The van der Waals surface area contributed by atoms with Crippen LogP contribution in [0, 0.1) is 0 Å². The minimum Gasteiger partial charge on any atom is -0.480 e. The summed E-state index contributed by atoms with van der Waals surface area (Å²) in [4.78, 5) is 10.0. The molecule has 0 spiro atoms. The zero-order valence-corrected chi connectivity index (χ0v) is 12.1. The second kappa shape index (κ2) is 25.2. The third-order valence-corrected chi connectivity index (χ3v) is 1.23. The first-order valence-corrected chi connectivity index (χ1v) is 6.42. The second-order valence-electron chi connectivity index (χ2n) is 2.46. The molecule has 0 aliphatic carbocycles. The number of nitrogens with two attached hydrogens (primary N) is 1. The van der Waals surface area contributed by atoms with Crippen LogP contribution in [0.1, 0.15) is 27.7 Å². The number of carboxylic acid groups (broad SMARTS) is 1. The van der Waals surface area contributed by atoms with E-state index >= 15 is 0 Å². The number of hydrogen-bond acceptors (Lipinski definition) is 5. The summed E-state index contributed by atoms with van der Waals surface area (Å²) in [7, 11) is 0. The third-order valence-electron chi connectivity index (χ3n) is 1.23. The van der Waals surface area contributed by atoms with Crippen LogP contribution in [0.5, 0.6) is 0 Å². The van der Waals surface area contributed by atoms with Crippen molar-refractivity contribution in [2.75, 3.05) is 46.2 Å². The number of ether oxygens (including phenoxy) is 3. The number of aliphatic carboxylic acids is 1. The van der Waals surface area contributed by atoms with Crippen molar-refractivity contribution in [2.45, 2.75) is 27.7 Å². The molecular weight excluding hydrogens is 238 g/mol. The average Bonchev–Trinajstić information content (AvgIpc) is 2.41. The molecule has 0 heterocycles. The smallest absolute Gasteiger partial charge is 0.329 e. The van der Waals surface area contributed by atoms with Crippen LogP contribution >= 0.6 is 0 Å². The SMILES string of the molecule is CC.CC.NCCOCCOCCOCC(=O)O. The van der Waals surface area contributed by atoms with E-state index < -0.39 is 5.97 Å². The van der Waals surface area contributed by atoms with Crippen LogP contribution in [-0.4, -0.2) is 57.3 Å². The maximum Gasteiger partial charge on any atom is 0.329 e. The van der Waals surface area contributed by atoms with Gasteiger partial charge in [0.05, 0.1) is 33.0 Å². The molecule has 0 fully saturated rings. The maximum atomic E-state index is 10.0. The summed E-state index contributed by atoms with van der Waals surface area (Å²) in [6, 6.07) is 0. The Morgan fingerprint density at radius 3 is 1.67 bits per heavy atom. The van der Waals surface area contributed by atoms with Crippen LogP contribution in [0.15, 0.2) is 0 Å². The van der Waals surface area contributed by atoms with Gasteiger partial charge in [-0.05, 0) is 0 Å². The highest BCUT2D eigenvalue weighted by Gasteiger charge is 1.95. The number of carboxylic acids is 1. The van der Waals surface area contributed by atoms with Crippen molar-refractivity contribution < 1.29 is 24.1 Å². The number of carbonyl (C=O) groups is 1. The molecule has 0 saturated heterocycles. The van der Waals surface area contributed by atoms with Crippen LogP contribution in [-0.2, 0) is 19.0 Å². The first-order valence-electron chi connectivity index (χ1n) is 6.42. The molecule has 0 unspecified atom stereocenters. The molecule has 0 rings (SSSR count). The van der Waals surface area contributed by atoms with E-state index in [9.17, 15) is 4.79 Å². The predicted molar refractivity (Wildman–Crippen MR) is 71.8 cm³/mol. The predicted octanol–water partition coefficient (Wildman–Crippen LogP) is 1.13. The van der Waals surface area contributed by atoms with Crippen LogP contribution in [0.3, 0.4) is 0 Å². The lowest BCUT2D eigenvalue weighted by Crippen LogP contribution is -2.15. The van der Waals surface area contributed by atoms with E-state index in [0.717, 1.165) is 0 Å². The van der Waals surface area contributed by atoms with Crippen molar-refractivity contribution >= 4 is 5.97 Å². The van der Waals surface area contributed by atoms with E-state index in [1.165, 1.54) is 0 Å². The Kier molecular flexibility index (Phi) is 31.5. The van der Waals surface area contributed by atoms with Gasteiger partial charge in [-0.2, -0.15) is 0 Å². The van der Waals surface area contributed by atoms with Gasteiger partial charge in [-0.1, -0.05) is 27.7 Å². The van der Waals surface area contributed by atoms with Crippen molar-refractivity contribution in [1.29, 1.82) is 0 Å². The van der Waals surface area contributed by atoms with E-state index in [4.69, 9.17) is 25.1 Å². The van der Waals surface area contributed by atoms with Crippen LogP contribution in [0.4, 0.5) is 0 Å². The normalized spacial score (nSPS) is 8.72. The molecule has 0 aliphatic rings. The first kappa shape index (κ1) is 22.5. The Hall–Kier alpha value is -0.690. The van der Waals surface area contributed by atoms with E-state index in [2.05, 4.69) is 0 Å². The molecule has 0 amide bonds. The zero-order chi connectivity index (χ0) is 14.6. The molecule has 0 atom stereocenters.